The van der Waals surface area contributed by atoms with Crippen molar-refractivity contribution in [1.29, 1.82) is 0 Å². The first-order valence-electron chi connectivity index (χ1n) is 5.72. The summed E-state index contributed by atoms with van der Waals surface area (Å²) in [5, 5.41) is 0. The van der Waals surface area contributed by atoms with E-state index in [0.29, 0.717) is 18.3 Å². The van der Waals surface area contributed by atoms with Crippen molar-refractivity contribution in [2.24, 2.45) is 5.92 Å². The Hall–Kier alpha value is 0.110. The molecular weight excluding hydrogens is 230 g/mol. The molecule has 0 aromatic rings. The normalized spacial score (nSPS) is 20.5. The fourth-order valence-electron chi connectivity index (χ4n) is 1.77. The molecule has 0 bridgehead atoms. The van der Waals surface area contributed by atoms with E-state index in [9.17, 15) is 4.79 Å². The maximum atomic E-state index is 12.1. The van der Waals surface area contributed by atoms with Crippen molar-refractivity contribution in [1.82, 2.24) is 4.90 Å². The predicted molar refractivity (Wildman–Crippen MR) is 67.6 cm³/mol. The first-order chi connectivity index (χ1) is 7.29. The molecule has 88 valence electrons. The number of rotatable bonds is 6. The summed E-state index contributed by atoms with van der Waals surface area (Å²) in [6.45, 7) is 3.74. The predicted octanol–water partition coefficient (Wildman–Crippen LogP) is 2.61. The second-order valence-corrected chi connectivity index (χ2v) is 5.46. The van der Waals surface area contributed by atoms with E-state index in [1.54, 1.807) is 0 Å². The highest BCUT2D eigenvalue weighted by Gasteiger charge is 2.26. The van der Waals surface area contributed by atoms with E-state index in [4.69, 9.17) is 11.6 Å². The number of hydrogen-bond donors (Lipinski definition) is 0. The van der Waals surface area contributed by atoms with Crippen LogP contribution < -0.4 is 0 Å². The third-order valence-electron chi connectivity index (χ3n) is 2.73. The van der Waals surface area contributed by atoms with Crippen LogP contribution in [0.25, 0.3) is 0 Å². The number of hydrogen-bond acceptors (Lipinski definition) is 2. The quantitative estimate of drug-likeness (QED) is 0.675. The van der Waals surface area contributed by atoms with E-state index in [0.717, 1.165) is 37.3 Å². The first kappa shape index (κ1) is 13.2. The van der Waals surface area contributed by atoms with Gasteiger partial charge >= 0.3 is 0 Å². The maximum Gasteiger partial charge on any atom is 0.226 e. The molecule has 1 fully saturated rings. The van der Waals surface area contributed by atoms with Crippen LogP contribution in [0.1, 0.15) is 26.2 Å². The SMILES string of the molecule is CCCCN(CCCl)C(=O)C1CCSC1. The van der Waals surface area contributed by atoms with Crippen LogP contribution >= 0.6 is 23.4 Å². The standard InChI is InChI=1S/C11H20ClNOS/c1-2-3-6-13(7-5-12)11(14)10-4-8-15-9-10/h10H,2-9H2,1H3. The Morgan fingerprint density at radius 2 is 2.33 bits per heavy atom. The van der Waals surface area contributed by atoms with Crippen LogP contribution in [0.4, 0.5) is 0 Å². The molecule has 1 unspecified atom stereocenters. The minimum Gasteiger partial charge on any atom is -0.341 e. The van der Waals surface area contributed by atoms with Gasteiger partial charge in [-0.3, -0.25) is 4.79 Å². The molecule has 0 saturated carbocycles. The first-order valence-corrected chi connectivity index (χ1v) is 7.41. The number of thioether (sulfide) groups is 1. The molecule has 0 N–H and O–H groups in total. The molecule has 1 aliphatic rings. The van der Waals surface area contributed by atoms with Gasteiger partial charge < -0.3 is 4.90 Å². The second-order valence-electron chi connectivity index (χ2n) is 3.93. The van der Waals surface area contributed by atoms with Crippen LogP contribution in [0, 0.1) is 5.92 Å². The molecule has 4 heteroatoms. The molecule has 1 atom stereocenters. The van der Waals surface area contributed by atoms with Crippen molar-refractivity contribution in [2.45, 2.75) is 26.2 Å². The highest BCUT2D eigenvalue weighted by molar-refractivity contribution is 7.99. The third-order valence-corrected chi connectivity index (χ3v) is 4.06. The number of carbonyl (C=O) groups is 1. The van der Waals surface area contributed by atoms with Crippen LogP contribution in [0.2, 0.25) is 0 Å². The Bertz CT molecular complexity index is 195. The second kappa shape index (κ2) is 7.39. The molecule has 15 heavy (non-hydrogen) atoms. The van der Waals surface area contributed by atoms with Gasteiger partial charge in [-0.2, -0.15) is 11.8 Å². The van der Waals surface area contributed by atoms with Gasteiger partial charge in [-0.15, -0.1) is 11.6 Å². The lowest BCUT2D eigenvalue weighted by molar-refractivity contribution is -0.134. The molecule has 1 aliphatic heterocycles. The topological polar surface area (TPSA) is 20.3 Å². The summed E-state index contributed by atoms with van der Waals surface area (Å²) < 4.78 is 0. The lowest BCUT2D eigenvalue weighted by Crippen LogP contribution is -2.38. The average molecular weight is 250 g/mol. The van der Waals surface area contributed by atoms with E-state index >= 15 is 0 Å². The van der Waals surface area contributed by atoms with Gasteiger partial charge in [0.2, 0.25) is 5.91 Å². The number of alkyl halides is 1. The molecule has 1 amide bonds. The summed E-state index contributed by atoms with van der Waals surface area (Å²) in [5.74, 6) is 3.28. The van der Waals surface area contributed by atoms with Gasteiger partial charge in [-0.25, -0.2) is 0 Å². The molecule has 1 rings (SSSR count). The molecule has 2 nitrogen and oxygen atoms in total. The Kier molecular flexibility index (Phi) is 6.50. The van der Waals surface area contributed by atoms with Crippen molar-refractivity contribution < 1.29 is 4.79 Å². The summed E-state index contributed by atoms with van der Waals surface area (Å²) in [4.78, 5) is 14.0. The minimum atomic E-state index is 0.259. The van der Waals surface area contributed by atoms with E-state index in [-0.39, 0.29) is 5.92 Å². The Morgan fingerprint density at radius 1 is 1.53 bits per heavy atom. The fourth-order valence-corrected chi connectivity index (χ4v) is 3.19. The lowest BCUT2D eigenvalue weighted by Gasteiger charge is -2.24. The van der Waals surface area contributed by atoms with Gasteiger partial charge in [0.25, 0.3) is 0 Å². The minimum absolute atomic E-state index is 0.259. The number of carbonyl (C=O) groups excluding carboxylic acids is 1. The van der Waals surface area contributed by atoms with Crippen LogP contribution in [-0.4, -0.2) is 41.3 Å². The van der Waals surface area contributed by atoms with Gasteiger partial charge in [0.15, 0.2) is 0 Å². The van der Waals surface area contributed by atoms with Gasteiger partial charge in [-0.1, -0.05) is 13.3 Å². The van der Waals surface area contributed by atoms with Crippen LogP contribution in [0.3, 0.4) is 0 Å². The number of amides is 1. The van der Waals surface area contributed by atoms with E-state index in [1.807, 2.05) is 16.7 Å². The van der Waals surface area contributed by atoms with E-state index < -0.39 is 0 Å². The van der Waals surface area contributed by atoms with Gasteiger partial charge in [0, 0.05) is 30.6 Å². The molecular formula is C11H20ClNOS. The summed E-state index contributed by atoms with van der Waals surface area (Å²) in [6.07, 6.45) is 3.27. The van der Waals surface area contributed by atoms with E-state index in [1.165, 1.54) is 0 Å². The van der Waals surface area contributed by atoms with Gasteiger partial charge in [0.1, 0.15) is 0 Å². The zero-order chi connectivity index (χ0) is 11.1. The Balaban J connectivity index is 2.41. The summed E-state index contributed by atoms with van der Waals surface area (Å²) in [7, 11) is 0. The molecule has 0 spiro atoms. The molecule has 0 aliphatic carbocycles. The number of nitrogens with zero attached hydrogens (tertiary/aromatic N) is 1. The molecule has 1 saturated heterocycles. The van der Waals surface area contributed by atoms with Crippen LogP contribution in [0.5, 0.6) is 0 Å². The smallest absolute Gasteiger partial charge is 0.226 e. The van der Waals surface area contributed by atoms with Crippen LogP contribution in [-0.2, 0) is 4.79 Å². The average Bonchev–Trinajstić information content (AvgIpc) is 2.76. The summed E-state index contributed by atoms with van der Waals surface area (Å²) >= 11 is 7.62. The Morgan fingerprint density at radius 3 is 2.87 bits per heavy atom. The van der Waals surface area contributed by atoms with Crippen molar-refractivity contribution in [3.63, 3.8) is 0 Å². The fraction of sp³-hybridized carbons (Fsp3) is 0.909. The zero-order valence-electron chi connectivity index (χ0n) is 9.38. The Labute approximate surface area is 102 Å². The number of unbranched alkanes of at least 4 members (excludes halogenated alkanes) is 1. The zero-order valence-corrected chi connectivity index (χ0v) is 10.9. The monoisotopic (exact) mass is 249 g/mol. The summed E-state index contributed by atoms with van der Waals surface area (Å²) in [5.41, 5.74) is 0. The van der Waals surface area contributed by atoms with Crippen molar-refractivity contribution >= 4 is 29.3 Å². The lowest BCUT2D eigenvalue weighted by atomic mass is 10.1. The molecule has 0 aromatic carbocycles. The maximum absolute atomic E-state index is 12.1. The van der Waals surface area contributed by atoms with Crippen LogP contribution in [0.15, 0.2) is 0 Å². The van der Waals surface area contributed by atoms with Gasteiger partial charge in [0.05, 0.1) is 0 Å². The van der Waals surface area contributed by atoms with Crippen molar-refractivity contribution in [3.8, 4) is 0 Å². The molecule has 1 heterocycles. The van der Waals surface area contributed by atoms with Gasteiger partial charge in [-0.05, 0) is 18.6 Å². The molecule has 0 radical (unpaired) electrons. The molecule has 0 aromatic heterocycles. The highest BCUT2D eigenvalue weighted by atomic mass is 35.5. The van der Waals surface area contributed by atoms with Crippen molar-refractivity contribution in [3.05, 3.63) is 0 Å². The third kappa shape index (κ3) is 4.23. The summed E-state index contributed by atoms with van der Waals surface area (Å²) in [6, 6.07) is 0. The van der Waals surface area contributed by atoms with E-state index in [2.05, 4.69) is 6.92 Å². The highest BCUT2D eigenvalue weighted by Crippen LogP contribution is 2.25. The van der Waals surface area contributed by atoms with Crippen molar-refractivity contribution in [2.75, 3.05) is 30.5 Å². The number of halogens is 1. The largest absolute Gasteiger partial charge is 0.341 e.